The summed E-state index contributed by atoms with van der Waals surface area (Å²) in [5.41, 5.74) is -0.337. The van der Waals surface area contributed by atoms with Crippen molar-refractivity contribution >= 4 is 5.91 Å². The van der Waals surface area contributed by atoms with Crippen molar-refractivity contribution in [1.29, 1.82) is 0 Å². The predicted molar refractivity (Wildman–Crippen MR) is 68.9 cm³/mol. The normalized spacial score (nSPS) is 29.4. The van der Waals surface area contributed by atoms with Crippen molar-refractivity contribution in [2.75, 3.05) is 26.7 Å². The Balaban J connectivity index is 1.68. The Bertz CT molecular complexity index is 270. The Labute approximate surface area is 104 Å². The number of rotatable bonds is 5. The van der Waals surface area contributed by atoms with Crippen molar-refractivity contribution < 1.29 is 4.79 Å². The Kier molecular flexibility index (Phi) is 4.05. The predicted octanol–water partition coefficient (Wildman–Crippen LogP) is 0.729. The molecule has 0 bridgehead atoms. The quantitative estimate of drug-likeness (QED) is 0.743. The van der Waals surface area contributed by atoms with Gasteiger partial charge in [0.1, 0.15) is 0 Å². The zero-order valence-electron chi connectivity index (χ0n) is 11.1. The third kappa shape index (κ3) is 3.42. The van der Waals surface area contributed by atoms with Gasteiger partial charge in [0.2, 0.25) is 5.91 Å². The fourth-order valence-electron chi connectivity index (χ4n) is 2.49. The molecule has 17 heavy (non-hydrogen) atoms. The summed E-state index contributed by atoms with van der Waals surface area (Å²) in [6.07, 6.45) is 5.94. The third-order valence-electron chi connectivity index (χ3n) is 4.04. The van der Waals surface area contributed by atoms with Crippen LogP contribution in [0.15, 0.2) is 0 Å². The van der Waals surface area contributed by atoms with Gasteiger partial charge in [0.05, 0.1) is 5.54 Å². The summed E-state index contributed by atoms with van der Waals surface area (Å²) in [6.45, 7) is 4.72. The maximum absolute atomic E-state index is 12.1. The second kappa shape index (κ2) is 5.36. The number of piperidine rings is 1. The first-order chi connectivity index (χ1) is 8.12. The lowest BCUT2D eigenvalue weighted by Gasteiger charge is -2.33. The van der Waals surface area contributed by atoms with Crippen molar-refractivity contribution in [2.24, 2.45) is 0 Å². The molecule has 2 aliphatic rings. The summed E-state index contributed by atoms with van der Waals surface area (Å²) in [5, 5.41) is 6.41. The van der Waals surface area contributed by atoms with Gasteiger partial charge in [0.25, 0.3) is 0 Å². The SMILES string of the molecule is CN(CCNC(=O)C1(C)CCCCN1)C1CC1. The van der Waals surface area contributed by atoms with Crippen LogP contribution >= 0.6 is 0 Å². The van der Waals surface area contributed by atoms with E-state index in [9.17, 15) is 4.79 Å². The van der Waals surface area contributed by atoms with Crippen LogP contribution in [-0.2, 0) is 4.79 Å². The van der Waals surface area contributed by atoms with E-state index in [1.165, 1.54) is 19.3 Å². The molecule has 2 rings (SSSR count). The van der Waals surface area contributed by atoms with Gasteiger partial charge in [-0.1, -0.05) is 0 Å². The van der Waals surface area contributed by atoms with Crippen LogP contribution in [0.25, 0.3) is 0 Å². The summed E-state index contributed by atoms with van der Waals surface area (Å²) in [4.78, 5) is 14.4. The lowest BCUT2D eigenvalue weighted by atomic mass is 9.90. The molecule has 1 aliphatic carbocycles. The molecule has 0 radical (unpaired) electrons. The molecule has 1 heterocycles. The van der Waals surface area contributed by atoms with E-state index < -0.39 is 0 Å². The standard InChI is InChI=1S/C13H25N3O/c1-13(7-3-4-8-15-13)12(17)14-9-10-16(2)11-5-6-11/h11,15H,3-10H2,1-2H3,(H,14,17). The first kappa shape index (κ1) is 12.8. The van der Waals surface area contributed by atoms with Crippen LogP contribution < -0.4 is 10.6 Å². The average Bonchev–Trinajstić information content (AvgIpc) is 3.13. The third-order valence-corrected chi connectivity index (χ3v) is 4.04. The minimum Gasteiger partial charge on any atom is -0.353 e. The number of carbonyl (C=O) groups excluding carboxylic acids is 1. The molecule has 0 spiro atoms. The second-order valence-corrected chi connectivity index (χ2v) is 5.68. The van der Waals surface area contributed by atoms with Crippen LogP contribution in [0.3, 0.4) is 0 Å². The molecule has 1 saturated carbocycles. The van der Waals surface area contributed by atoms with E-state index in [4.69, 9.17) is 0 Å². The van der Waals surface area contributed by atoms with E-state index in [2.05, 4.69) is 22.6 Å². The van der Waals surface area contributed by atoms with Gasteiger partial charge in [-0.25, -0.2) is 0 Å². The minimum absolute atomic E-state index is 0.168. The molecule has 4 nitrogen and oxygen atoms in total. The summed E-state index contributed by atoms with van der Waals surface area (Å²) in [7, 11) is 2.14. The van der Waals surface area contributed by atoms with Gasteiger partial charge in [0.15, 0.2) is 0 Å². The lowest BCUT2D eigenvalue weighted by Crippen LogP contribution is -2.57. The molecule has 0 aromatic carbocycles. The largest absolute Gasteiger partial charge is 0.353 e. The first-order valence-corrected chi connectivity index (χ1v) is 6.85. The van der Waals surface area contributed by atoms with Crippen molar-refractivity contribution in [3.63, 3.8) is 0 Å². The molecule has 2 N–H and O–H groups in total. The van der Waals surface area contributed by atoms with Gasteiger partial charge in [-0.15, -0.1) is 0 Å². The second-order valence-electron chi connectivity index (χ2n) is 5.68. The van der Waals surface area contributed by atoms with Gasteiger partial charge < -0.3 is 15.5 Å². The van der Waals surface area contributed by atoms with Crippen molar-refractivity contribution in [3.05, 3.63) is 0 Å². The molecule has 1 aliphatic heterocycles. The van der Waals surface area contributed by atoms with Crippen molar-refractivity contribution in [2.45, 2.75) is 50.6 Å². The fourth-order valence-corrected chi connectivity index (χ4v) is 2.49. The summed E-state index contributed by atoms with van der Waals surface area (Å²) in [6, 6.07) is 0.773. The van der Waals surface area contributed by atoms with E-state index in [0.29, 0.717) is 0 Å². The Morgan fingerprint density at radius 2 is 2.24 bits per heavy atom. The summed E-state index contributed by atoms with van der Waals surface area (Å²) >= 11 is 0. The van der Waals surface area contributed by atoms with Crippen LogP contribution in [0, 0.1) is 0 Å². The zero-order chi connectivity index (χ0) is 12.3. The molecule has 0 aromatic heterocycles. The van der Waals surface area contributed by atoms with Gasteiger partial charge in [-0.3, -0.25) is 4.79 Å². The number of carbonyl (C=O) groups is 1. The smallest absolute Gasteiger partial charge is 0.240 e. The van der Waals surface area contributed by atoms with Gasteiger partial charge in [-0.05, 0) is 52.6 Å². The summed E-state index contributed by atoms with van der Waals surface area (Å²) in [5.74, 6) is 0.168. The van der Waals surface area contributed by atoms with Crippen LogP contribution in [0.5, 0.6) is 0 Å². The molecule has 0 aromatic rings. The molecule has 4 heteroatoms. The molecule has 1 unspecified atom stereocenters. The topological polar surface area (TPSA) is 44.4 Å². The number of likely N-dealkylation sites (N-methyl/N-ethyl adjacent to an activating group) is 1. The Hall–Kier alpha value is -0.610. The Morgan fingerprint density at radius 3 is 2.82 bits per heavy atom. The van der Waals surface area contributed by atoms with E-state index in [0.717, 1.165) is 38.5 Å². The van der Waals surface area contributed by atoms with Gasteiger partial charge >= 0.3 is 0 Å². The maximum atomic E-state index is 12.1. The van der Waals surface area contributed by atoms with Crippen LogP contribution in [0.2, 0.25) is 0 Å². The molecular weight excluding hydrogens is 214 g/mol. The van der Waals surface area contributed by atoms with Gasteiger partial charge in [-0.2, -0.15) is 0 Å². The molecule has 1 saturated heterocycles. The van der Waals surface area contributed by atoms with E-state index in [1.807, 2.05) is 6.92 Å². The van der Waals surface area contributed by atoms with E-state index in [-0.39, 0.29) is 11.4 Å². The monoisotopic (exact) mass is 239 g/mol. The summed E-state index contributed by atoms with van der Waals surface area (Å²) < 4.78 is 0. The molecule has 2 fully saturated rings. The number of hydrogen-bond donors (Lipinski definition) is 2. The van der Waals surface area contributed by atoms with E-state index >= 15 is 0 Å². The van der Waals surface area contributed by atoms with Crippen molar-refractivity contribution in [1.82, 2.24) is 15.5 Å². The zero-order valence-corrected chi connectivity index (χ0v) is 11.1. The fraction of sp³-hybridized carbons (Fsp3) is 0.923. The van der Waals surface area contributed by atoms with Crippen LogP contribution in [-0.4, -0.2) is 49.1 Å². The molecule has 98 valence electrons. The minimum atomic E-state index is -0.337. The van der Waals surface area contributed by atoms with Crippen LogP contribution in [0.1, 0.15) is 39.0 Å². The lowest BCUT2D eigenvalue weighted by molar-refractivity contribution is -0.127. The molecule has 1 amide bonds. The van der Waals surface area contributed by atoms with Crippen molar-refractivity contribution in [3.8, 4) is 0 Å². The van der Waals surface area contributed by atoms with Crippen LogP contribution in [0.4, 0.5) is 0 Å². The first-order valence-electron chi connectivity index (χ1n) is 6.85. The molecular formula is C13H25N3O. The number of nitrogens with zero attached hydrogens (tertiary/aromatic N) is 1. The highest BCUT2D eigenvalue weighted by Crippen LogP contribution is 2.24. The highest BCUT2D eigenvalue weighted by atomic mass is 16.2. The number of nitrogens with one attached hydrogen (secondary N) is 2. The maximum Gasteiger partial charge on any atom is 0.240 e. The average molecular weight is 239 g/mol. The number of hydrogen-bond acceptors (Lipinski definition) is 3. The van der Waals surface area contributed by atoms with Gasteiger partial charge in [0, 0.05) is 19.1 Å². The molecule has 1 atom stereocenters. The number of amides is 1. The highest BCUT2D eigenvalue weighted by Gasteiger charge is 2.34. The van der Waals surface area contributed by atoms with E-state index in [1.54, 1.807) is 0 Å². The highest BCUT2D eigenvalue weighted by molar-refractivity contribution is 5.85. The Morgan fingerprint density at radius 1 is 1.47 bits per heavy atom.